The van der Waals surface area contributed by atoms with Gasteiger partial charge in [0.25, 0.3) is 5.91 Å². The van der Waals surface area contributed by atoms with Crippen molar-refractivity contribution in [2.45, 2.75) is 50.6 Å². The Morgan fingerprint density at radius 3 is 2.38 bits per heavy atom. The SMILES string of the molecule is COc1cc(C[NH2+]C23CC4CC(CC(C4)C2)C3)cc(Cl)c1OCC(N)=O. The molecule has 0 aliphatic heterocycles. The van der Waals surface area contributed by atoms with Gasteiger partial charge >= 0.3 is 0 Å². The lowest BCUT2D eigenvalue weighted by Gasteiger charge is -2.54. The number of primary amides is 1. The molecule has 0 radical (unpaired) electrons. The first-order chi connectivity index (χ1) is 12.5. The molecule has 4 fully saturated rings. The molecule has 0 unspecified atom stereocenters. The van der Waals surface area contributed by atoms with Crippen LogP contribution in [0.4, 0.5) is 0 Å². The van der Waals surface area contributed by atoms with Gasteiger partial charge in [-0.3, -0.25) is 4.79 Å². The van der Waals surface area contributed by atoms with Crippen molar-refractivity contribution in [3.05, 3.63) is 22.7 Å². The van der Waals surface area contributed by atoms with Gasteiger partial charge in [0.1, 0.15) is 6.54 Å². The molecule has 1 aromatic carbocycles. The zero-order valence-corrected chi connectivity index (χ0v) is 16.1. The first-order valence-corrected chi connectivity index (χ1v) is 9.96. The number of methoxy groups -OCH3 is 1. The predicted molar refractivity (Wildman–Crippen MR) is 99.2 cm³/mol. The Morgan fingerprint density at radius 1 is 1.23 bits per heavy atom. The number of amides is 1. The van der Waals surface area contributed by atoms with Gasteiger partial charge in [0.05, 0.1) is 17.7 Å². The van der Waals surface area contributed by atoms with Crippen LogP contribution in [0.25, 0.3) is 0 Å². The zero-order chi connectivity index (χ0) is 18.3. The normalized spacial score (nSPS) is 31.8. The number of quaternary nitrogens is 1. The minimum absolute atomic E-state index is 0.213. The summed E-state index contributed by atoms with van der Waals surface area (Å²) in [5.74, 6) is 3.22. The van der Waals surface area contributed by atoms with Gasteiger partial charge in [-0.05, 0) is 49.1 Å². The lowest BCUT2D eigenvalue weighted by atomic mass is 9.53. The fourth-order valence-corrected chi connectivity index (χ4v) is 6.22. The third kappa shape index (κ3) is 3.52. The zero-order valence-electron chi connectivity index (χ0n) is 15.3. The number of nitrogens with two attached hydrogens (primary N) is 2. The van der Waals surface area contributed by atoms with E-state index >= 15 is 0 Å². The molecule has 5 rings (SSSR count). The molecular formula is C20H28ClN2O3+. The lowest BCUT2D eigenvalue weighted by molar-refractivity contribution is -0.752. The quantitative estimate of drug-likeness (QED) is 0.762. The molecule has 142 valence electrons. The minimum atomic E-state index is -0.539. The smallest absolute Gasteiger partial charge is 0.255 e. The molecule has 4 bridgehead atoms. The maximum absolute atomic E-state index is 11.0. The molecule has 4 aliphatic rings. The average Bonchev–Trinajstić information content (AvgIpc) is 2.57. The van der Waals surface area contributed by atoms with Crippen LogP contribution in [0, 0.1) is 17.8 Å². The van der Waals surface area contributed by atoms with Gasteiger partial charge in [0.15, 0.2) is 18.1 Å². The van der Waals surface area contributed by atoms with Crippen LogP contribution in [0.1, 0.15) is 44.1 Å². The second kappa shape index (κ2) is 6.93. The minimum Gasteiger partial charge on any atom is -0.493 e. The van der Waals surface area contributed by atoms with E-state index in [2.05, 4.69) is 5.32 Å². The van der Waals surface area contributed by atoms with E-state index in [1.807, 2.05) is 12.1 Å². The summed E-state index contributed by atoms with van der Waals surface area (Å²) in [5, 5.41) is 3.01. The standard InChI is InChI=1S/C20H27ClN2O3/c1-25-17-6-15(5-16(21)19(17)26-11-18(22)24)10-23-20-7-12-2-13(8-20)4-14(3-12)9-20/h5-6,12-14,23H,2-4,7-11H2,1H3,(H2,22,24)/p+1. The Balaban J connectivity index is 1.47. The van der Waals surface area contributed by atoms with Crippen LogP contribution in [0.15, 0.2) is 12.1 Å². The molecular weight excluding hydrogens is 352 g/mol. The molecule has 0 aromatic heterocycles. The number of carbonyl (C=O) groups is 1. The molecule has 0 saturated heterocycles. The van der Waals surface area contributed by atoms with E-state index in [1.54, 1.807) is 7.11 Å². The first kappa shape index (κ1) is 17.9. The Hall–Kier alpha value is -1.46. The number of carbonyl (C=O) groups excluding carboxylic acids is 1. The van der Waals surface area contributed by atoms with E-state index < -0.39 is 5.91 Å². The molecule has 1 amide bonds. The van der Waals surface area contributed by atoms with Crippen molar-refractivity contribution in [3.8, 4) is 11.5 Å². The highest BCUT2D eigenvalue weighted by atomic mass is 35.5. The summed E-state index contributed by atoms with van der Waals surface area (Å²) in [4.78, 5) is 11.0. The number of rotatable bonds is 7. The molecule has 4 N–H and O–H groups in total. The molecule has 4 aliphatic carbocycles. The fourth-order valence-electron chi connectivity index (χ4n) is 5.94. The van der Waals surface area contributed by atoms with E-state index in [0.717, 1.165) is 29.9 Å². The van der Waals surface area contributed by atoms with Gasteiger partial charge in [0.2, 0.25) is 0 Å². The van der Waals surface area contributed by atoms with Crippen molar-refractivity contribution in [1.82, 2.24) is 0 Å². The molecule has 4 saturated carbocycles. The number of benzene rings is 1. The van der Waals surface area contributed by atoms with E-state index in [4.69, 9.17) is 26.8 Å². The highest BCUT2D eigenvalue weighted by Crippen LogP contribution is 2.54. The Kier molecular flexibility index (Phi) is 4.78. The van der Waals surface area contributed by atoms with Crippen molar-refractivity contribution < 1.29 is 19.6 Å². The molecule has 0 heterocycles. The van der Waals surface area contributed by atoms with Crippen LogP contribution < -0.4 is 20.5 Å². The fraction of sp³-hybridized carbons (Fsp3) is 0.650. The van der Waals surface area contributed by atoms with Gasteiger partial charge < -0.3 is 20.5 Å². The first-order valence-electron chi connectivity index (χ1n) is 9.58. The van der Waals surface area contributed by atoms with E-state index in [-0.39, 0.29) is 6.61 Å². The summed E-state index contributed by atoms with van der Waals surface area (Å²) in [5.41, 5.74) is 6.70. The molecule has 1 aromatic rings. The van der Waals surface area contributed by atoms with Gasteiger partial charge in [-0.1, -0.05) is 11.6 Å². The van der Waals surface area contributed by atoms with E-state index in [9.17, 15) is 4.79 Å². The Labute approximate surface area is 159 Å². The van der Waals surface area contributed by atoms with Crippen molar-refractivity contribution in [2.75, 3.05) is 13.7 Å². The second-order valence-electron chi connectivity index (χ2n) is 8.55. The molecule has 0 spiro atoms. The van der Waals surface area contributed by atoms with E-state index in [1.165, 1.54) is 38.5 Å². The number of hydrogen-bond donors (Lipinski definition) is 2. The molecule has 26 heavy (non-hydrogen) atoms. The maximum atomic E-state index is 11.0. The van der Waals surface area contributed by atoms with Gasteiger partial charge in [-0.15, -0.1) is 0 Å². The van der Waals surface area contributed by atoms with E-state index in [0.29, 0.717) is 22.1 Å². The Bertz CT molecular complexity index is 671. The summed E-state index contributed by atoms with van der Waals surface area (Å²) in [7, 11) is 1.58. The van der Waals surface area contributed by atoms with Crippen molar-refractivity contribution in [1.29, 1.82) is 0 Å². The predicted octanol–water partition coefficient (Wildman–Crippen LogP) is 2.24. The summed E-state index contributed by atoms with van der Waals surface area (Å²) in [6.07, 6.45) is 8.47. The van der Waals surface area contributed by atoms with Crippen molar-refractivity contribution >= 4 is 17.5 Å². The lowest BCUT2D eigenvalue weighted by Crippen LogP contribution is -2.97. The topological polar surface area (TPSA) is 78.2 Å². The summed E-state index contributed by atoms with van der Waals surface area (Å²) in [6.45, 7) is 0.674. The summed E-state index contributed by atoms with van der Waals surface area (Å²) < 4.78 is 10.8. The highest BCUT2D eigenvalue weighted by molar-refractivity contribution is 6.32. The van der Waals surface area contributed by atoms with Crippen molar-refractivity contribution in [2.24, 2.45) is 23.5 Å². The molecule has 6 heteroatoms. The van der Waals surface area contributed by atoms with Crippen LogP contribution in [-0.2, 0) is 11.3 Å². The number of ether oxygens (including phenoxy) is 2. The number of hydrogen-bond acceptors (Lipinski definition) is 3. The van der Waals surface area contributed by atoms with Gasteiger partial charge in [0, 0.05) is 24.8 Å². The van der Waals surface area contributed by atoms with Crippen LogP contribution in [-0.4, -0.2) is 25.2 Å². The highest BCUT2D eigenvalue weighted by Gasteiger charge is 2.53. The van der Waals surface area contributed by atoms with Gasteiger partial charge in [-0.25, -0.2) is 0 Å². The van der Waals surface area contributed by atoms with Crippen LogP contribution in [0.2, 0.25) is 5.02 Å². The second-order valence-corrected chi connectivity index (χ2v) is 8.96. The third-order valence-corrected chi connectivity index (χ3v) is 6.79. The Morgan fingerprint density at radius 2 is 1.85 bits per heavy atom. The van der Waals surface area contributed by atoms with Crippen molar-refractivity contribution in [3.63, 3.8) is 0 Å². The van der Waals surface area contributed by atoms with Crippen LogP contribution >= 0.6 is 11.6 Å². The van der Waals surface area contributed by atoms with Gasteiger partial charge in [-0.2, -0.15) is 0 Å². The average molecular weight is 380 g/mol. The largest absolute Gasteiger partial charge is 0.493 e. The maximum Gasteiger partial charge on any atom is 0.255 e. The number of halogens is 1. The monoisotopic (exact) mass is 379 g/mol. The van der Waals surface area contributed by atoms with Crippen LogP contribution in [0.5, 0.6) is 11.5 Å². The third-order valence-electron chi connectivity index (χ3n) is 6.50. The van der Waals surface area contributed by atoms with Crippen LogP contribution in [0.3, 0.4) is 0 Å². The summed E-state index contributed by atoms with van der Waals surface area (Å²) in [6, 6.07) is 3.87. The molecule has 5 nitrogen and oxygen atoms in total. The summed E-state index contributed by atoms with van der Waals surface area (Å²) >= 11 is 6.38. The molecule has 0 atom stereocenters.